The summed E-state index contributed by atoms with van der Waals surface area (Å²) < 4.78 is 17.1. The first-order valence-electron chi connectivity index (χ1n) is 13.2. The van der Waals surface area contributed by atoms with Crippen molar-refractivity contribution >= 4 is 17.6 Å². The predicted octanol–water partition coefficient (Wildman–Crippen LogP) is 5.91. The highest BCUT2D eigenvalue weighted by molar-refractivity contribution is 5.85. The fraction of sp³-hybridized carbons (Fsp3) is 0.312. The van der Waals surface area contributed by atoms with Crippen LogP contribution in [0.25, 0.3) is 5.57 Å². The molecule has 0 unspecified atom stereocenters. The van der Waals surface area contributed by atoms with E-state index in [-0.39, 0.29) is 31.0 Å². The van der Waals surface area contributed by atoms with Crippen LogP contribution in [0.15, 0.2) is 91.0 Å². The van der Waals surface area contributed by atoms with Gasteiger partial charge in [-0.25, -0.2) is 9.59 Å². The molecule has 3 aromatic carbocycles. The number of carbonyl (C=O) groups is 2. The van der Waals surface area contributed by atoms with Crippen molar-refractivity contribution in [3.8, 4) is 5.75 Å². The Morgan fingerprint density at radius 3 is 2.37 bits per heavy atom. The van der Waals surface area contributed by atoms with Crippen molar-refractivity contribution in [2.45, 2.75) is 32.4 Å². The van der Waals surface area contributed by atoms with Crippen molar-refractivity contribution in [2.24, 2.45) is 11.8 Å². The van der Waals surface area contributed by atoms with E-state index >= 15 is 0 Å². The van der Waals surface area contributed by atoms with E-state index < -0.39 is 12.1 Å². The van der Waals surface area contributed by atoms with Gasteiger partial charge in [0.05, 0.1) is 13.2 Å². The first-order valence-corrected chi connectivity index (χ1v) is 13.2. The maximum atomic E-state index is 13.2. The van der Waals surface area contributed by atoms with E-state index in [1.807, 2.05) is 60.7 Å². The van der Waals surface area contributed by atoms with Crippen molar-refractivity contribution in [1.29, 1.82) is 0 Å². The number of fused-ring (bicyclic) bond motifs is 1. The average Bonchev–Trinajstić information content (AvgIpc) is 3.53. The predicted molar refractivity (Wildman–Crippen MR) is 145 cm³/mol. The van der Waals surface area contributed by atoms with Crippen molar-refractivity contribution in [3.05, 3.63) is 108 Å². The fourth-order valence-corrected chi connectivity index (χ4v) is 5.50. The van der Waals surface area contributed by atoms with Gasteiger partial charge < -0.3 is 14.2 Å². The summed E-state index contributed by atoms with van der Waals surface area (Å²) in [6, 6.07) is 27.2. The fourth-order valence-electron chi connectivity index (χ4n) is 5.50. The summed E-state index contributed by atoms with van der Waals surface area (Å²) in [5.41, 5.74) is 4.32. The molecular formula is C32H33NO5. The zero-order valence-electron chi connectivity index (χ0n) is 21.6. The molecule has 1 heterocycles. The van der Waals surface area contributed by atoms with E-state index in [0.29, 0.717) is 19.6 Å². The highest BCUT2D eigenvalue weighted by atomic mass is 16.6. The van der Waals surface area contributed by atoms with Crippen molar-refractivity contribution < 1.29 is 23.8 Å². The standard InChI is InChI=1S/C32H33NO5/c1-2-36-31(34)30-28-17-16-27(29(28)21-33(30)32(35)38-22-24-12-7-4-8-13-24)25-14-9-15-26(20-25)37-19-18-23-10-5-3-6-11-23/h3-16,20,28-30H,2,17-19,21-22H2,1H3/t28-,29+,30-/m0/s1. The number of hydrogen-bond donors (Lipinski definition) is 0. The number of likely N-dealkylation sites (tertiary alicyclic amines) is 1. The van der Waals surface area contributed by atoms with E-state index in [2.05, 4.69) is 30.3 Å². The Labute approximate surface area is 223 Å². The normalized spacial score (nSPS) is 20.0. The molecule has 0 spiro atoms. The summed E-state index contributed by atoms with van der Waals surface area (Å²) in [5.74, 6) is 0.412. The van der Waals surface area contributed by atoms with E-state index in [0.717, 1.165) is 28.9 Å². The van der Waals surface area contributed by atoms with Gasteiger partial charge in [0.1, 0.15) is 18.4 Å². The largest absolute Gasteiger partial charge is 0.493 e. The molecule has 6 heteroatoms. The van der Waals surface area contributed by atoms with E-state index in [1.54, 1.807) is 11.8 Å². The molecule has 0 radical (unpaired) electrons. The third-order valence-electron chi connectivity index (χ3n) is 7.30. The second kappa shape index (κ2) is 12.0. The van der Waals surface area contributed by atoms with Gasteiger partial charge in [-0.15, -0.1) is 0 Å². The van der Waals surface area contributed by atoms with Crippen molar-refractivity contribution in [3.63, 3.8) is 0 Å². The van der Waals surface area contributed by atoms with Crippen LogP contribution >= 0.6 is 0 Å². The summed E-state index contributed by atoms with van der Waals surface area (Å²) in [6.07, 6.45) is 3.24. The maximum absolute atomic E-state index is 13.2. The minimum atomic E-state index is -0.665. The van der Waals surface area contributed by atoms with Gasteiger partial charge >= 0.3 is 12.1 Å². The summed E-state index contributed by atoms with van der Waals surface area (Å²) in [7, 11) is 0. The molecule has 0 aromatic heterocycles. The Morgan fingerprint density at radius 1 is 0.895 bits per heavy atom. The smallest absolute Gasteiger partial charge is 0.410 e. The van der Waals surface area contributed by atoms with Crippen molar-refractivity contribution in [1.82, 2.24) is 4.90 Å². The van der Waals surface area contributed by atoms with Gasteiger partial charge in [-0.1, -0.05) is 78.9 Å². The number of allylic oxidation sites excluding steroid dienone is 1. The van der Waals surface area contributed by atoms with Gasteiger partial charge in [0.25, 0.3) is 0 Å². The lowest BCUT2D eigenvalue weighted by Crippen LogP contribution is -2.44. The molecule has 3 atom stereocenters. The van der Waals surface area contributed by atoms with Gasteiger partial charge in [0.15, 0.2) is 0 Å². The molecule has 0 N–H and O–H groups in total. The van der Waals surface area contributed by atoms with Crippen LogP contribution in [-0.4, -0.2) is 42.8 Å². The molecule has 1 saturated heterocycles. The summed E-state index contributed by atoms with van der Waals surface area (Å²) >= 11 is 0. The second-order valence-electron chi connectivity index (χ2n) is 9.67. The third-order valence-corrected chi connectivity index (χ3v) is 7.30. The minimum Gasteiger partial charge on any atom is -0.493 e. The van der Waals surface area contributed by atoms with Crippen LogP contribution in [0.3, 0.4) is 0 Å². The maximum Gasteiger partial charge on any atom is 0.410 e. The van der Waals surface area contributed by atoms with Crippen LogP contribution < -0.4 is 4.74 Å². The Kier molecular flexibility index (Phi) is 8.07. The summed E-state index contributed by atoms with van der Waals surface area (Å²) in [6.45, 7) is 3.20. The molecule has 0 bridgehead atoms. The van der Waals surface area contributed by atoms with Crippen LogP contribution in [0.2, 0.25) is 0 Å². The highest BCUT2D eigenvalue weighted by Gasteiger charge is 2.52. The van der Waals surface area contributed by atoms with Gasteiger partial charge in [-0.3, -0.25) is 4.90 Å². The quantitative estimate of drug-likeness (QED) is 0.334. The SMILES string of the molecule is CCOC(=O)[C@@H]1[C@H]2CC=C(c3cccc(OCCc4ccccc4)c3)[C@H]2CN1C(=O)OCc1ccccc1. The lowest BCUT2D eigenvalue weighted by Gasteiger charge is -2.25. The lowest BCUT2D eigenvalue weighted by atomic mass is 9.87. The number of nitrogens with zero attached hydrogens (tertiary/aromatic N) is 1. The first kappa shape index (κ1) is 25.6. The zero-order chi connectivity index (χ0) is 26.3. The molecule has 196 valence electrons. The third kappa shape index (κ3) is 5.75. The highest BCUT2D eigenvalue weighted by Crippen LogP contribution is 2.47. The topological polar surface area (TPSA) is 65.1 Å². The molecule has 2 aliphatic rings. The summed E-state index contributed by atoms with van der Waals surface area (Å²) in [4.78, 5) is 27.7. The number of esters is 1. The monoisotopic (exact) mass is 511 g/mol. The molecule has 6 nitrogen and oxygen atoms in total. The Hall–Kier alpha value is -4.06. The second-order valence-corrected chi connectivity index (χ2v) is 9.67. The van der Waals surface area contributed by atoms with Crippen LogP contribution in [0.1, 0.15) is 30.0 Å². The molecular weight excluding hydrogens is 478 g/mol. The number of amides is 1. The van der Waals surface area contributed by atoms with E-state index in [1.165, 1.54) is 5.56 Å². The Balaban J connectivity index is 1.28. The van der Waals surface area contributed by atoms with Gasteiger partial charge in [-0.05, 0) is 47.7 Å². The van der Waals surface area contributed by atoms with Crippen LogP contribution in [0.5, 0.6) is 5.75 Å². The van der Waals surface area contributed by atoms with Crippen LogP contribution in [0.4, 0.5) is 4.79 Å². The minimum absolute atomic E-state index is 0.0215. The molecule has 38 heavy (non-hydrogen) atoms. The molecule has 0 saturated carbocycles. The number of rotatable bonds is 9. The molecule has 1 aliphatic carbocycles. The number of carbonyl (C=O) groups excluding carboxylic acids is 2. The first-order chi connectivity index (χ1) is 18.6. The van der Waals surface area contributed by atoms with Crippen LogP contribution in [0, 0.1) is 11.8 Å². The van der Waals surface area contributed by atoms with E-state index in [4.69, 9.17) is 14.2 Å². The zero-order valence-corrected chi connectivity index (χ0v) is 21.6. The molecule has 3 aromatic rings. The average molecular weight is 512 g/mol. The van der Waals surface area contributed by atoms with Crippen LogP contribution in [-0.2, 0) is 27.3 Å². The number of benzene rings is 3. The number of hydrogen-bond acceptors (Lipinski definition) is 5. The molecule has 1 amide bonds. The summed E-state index contributed by atoms with van der Waals surface area (Å²) in [5, 5.41) is 0. The molecule has 5 rings (SSSR count). The Bertz CT molecular complexity index is 1270. The van der Waals surface area contributed by atoms with Gasteiger partial charge in [0, 0.05) is 24.8 Å². The number of ether oxygens (including phenoxy) is 3. The van der Waals surface area contributed by atoms with Crippen molar-refractivity contribution in [2.75, 3.05) is 19.8 Å². The molecule has 1 fully saturated rings. The van der Waals surface area contributed by atoms with Gasteiger partial charge in [-0.2, -0.15) is 0 Å². The molecule has 1 aliphatic heterocycles. The van der Waals surface area contributed by atoms with Gasteiger partial charge in [0.2, 0.25) is 0 Å². The lowest BCUT2D eigenvalue weighted by molar-refractivity contribution is -0.149. The Morgan fingerprint density at radius 2 is 1.63 bits per heavy atom. The van der Waals surface area contributed by atoms with E-state index in [9.17, 15) is 9.59 Å².